The van der Waals surface area contributed by atoms with Crippen LogP contribution < -0.4 is 14.8 Å². The summed E-state index contributed by atoms with van der Waals surface area (Å²) >= 11 is 0. The first-order valence-electron chi connectivity index (χ1n) is 6.97. The molecule has 1 aromatic carbocycles. The summed E-state index contributed by atoms with van der Waals surface area (Å²) in [6.07, 6.45) is 6.71. The number of benzene rings is 1. The number of ether oxygens (including phenoxy) is 2. The van der Waals surface area contributed by atoms with Crippen LogP contribution in [0.1, 0.15) is 12.0 Å². The van der Waals surface area contributed by atoms with Gasteiger partial charge in [-0.1, -0.05) is 12.1 Å². The molecule has 5 nitrogen and oxygen atoms in total. The second-order valence-corrected chi connectivity index (χ2v) is 4.77. The number of aromatic nitrogens is 2. The van der Waals surface area contributed by atoms with Gasteiger partial charge in [0, 0.05) is 31.0 Å². The van der Waals surface area contributed by atoms with Gasteiger partial charge >= 0.3 is 0 Å². The summed E-state index contributed by atoms with van der Waals surface area (Å²) in [5, 5.41) is 3.44. The highest BCUT2D eigenvalue weighted by atomic mass is 16.6. The van der Waals surface area contributed by atoms with Crippen LogP contribution in [0.4, 0.5) is 0 Å². The number of fused-ring (bicyclic) bond motifs is 1. The summed E-state index contributed by atoms with van der Waals surface area (Å²) in [5.41, 5.74) is 1.16. The van der Waals surface area contributed by atoms with Crippen LogP contribution in [0.25, 0.3) is 0 Å². The maximum atomic E-state index is 5.69. The molecule has 0 saturated heterocycles. The van der Waals surface area contributed by atoms with Crippen molar-refractivity contribution in [3.63, 3.8) is 0 Å². The van der Waals surface area contributed by atoms with Crippen molar-refractivity contribution in [3.05, 3.63) is 42.5 Å². The van der Waals surface area contributed by atoms with E-state index in [4.69, 9.17) is 9.47 Å². The van der Waals surface area contributed by atoms with E-state index in [1.807, 2.05) is 24.7 Å². The predicted octanol–water partition coefficient (Wildman–Crippen LogP) is 1.83. The van der Waals surface area contributed by atoms with Crippen LogP contribution in [0.3, 0.4) is 0 Å². The van der Waals surface area contributed by atoms with Crippen LogP contribution in [0.2, 0.25) is 0 Å². The standard InChI is InChI=1S/C15H19N3O2/c1-3-13(15-14(4-1)19-9-10-20-15)11-16-5-2-7-18-8-6-17-12-18/h1,3-4,6,8,12,16H,2,5,7,9-11H2. The number of para-hydroxylation sites is 1. The molecule has 0 amide bonds. The van der Waals surface area contributed by atoms with Gasteiger partial charge in [0.15, 0.2) is 11.5 Å². The van der Waals surface area contributed by atoms with Crippen molar-refractivity contribution < 1.29 is 9.47 Å². The summed E-state index contributed by atoms with van der Waals surface area (Å²) in [6.45, 7) is 4.01. The smallest absolute Gasteiger partial charge is 0.165 e. The van der Waals surface area contributed by atoms with E-state index in [-0.39, 0.29) is 0 Å². The van der Waals surface area contributed by atoms with Crippen LogP contribution in [0.15, 0.2) is 36.9 Å². The SMILES string of the molecule is c1cc(CNCCCn2ccnc2)c2c(c1)OCCO2. The van der Waals surface area contributed by atoms with Crippen molar-refractivity contribution >= 4 is 0 Å². The van der Waals surface area contributed by atoms with Crippen molar-refractivity contribution in [1.29, 1.82) is 0 Å². The van der Waals surface area contributed by atoms with Gasteiger partial charge in [-0.15, -0.1) is 0 Å². The Morgan fingerprint density at radius 1 is 1.25 bits per heavy atom. The molecule has 0 saturated carbocycles. The highest BCUT2D eigenvalue weighted by Gasteiger charge is 2.14. The molecule has 0 spiro atoms. The molecule has 0 bridgehead atoms. The predicted molar refractivity (Wildman–Crippen MR) is 76.0 cm³/mol. The fourth-order valence-corrected chi connectivity index (χ4v) is 2.30. The van der Waals surface area contributed by atoms with Crippen molar-refractivity contribution in [2.75, 3.05) is 19.8 Å². The molecule has 1 N–H and O–H groups in total. The molecule has 0 atom stereocenters. The summed E-state index contributed by atoms with van der Waals surface area (Å²) in [7, 11) is 0. The molecule has 1 aliphatic heterocycles. The molecule has 2 aromatic rings. The Bertz CT molecular complexity index is 540. The third-order valence-electron chi connectivity index (χ3n) is 3.29. The number of nitrogens with zero attached hydrogens (tertiary/aromatic N) is 2. The lowest BCUT2D eigenvalue weighted by atomic mass is 10.1. The molecule has 0 fully saturated rings. The average molecular weight is 273 g/mol. The maximum Gasteiger partial charge on any atom is 0.165 e. The van der Waals surface area contributed by atoms with Gasteiger partial charge in [-0.25, -0.2) is 4.98 Å². The van der Waals surface area contributed by atoms with Gasteiger partial charge in [0.25, 0.3) is 0 Å². The molecule has 0 aliphatic carbocycles. The minimum Gasteiger partial charge on any atom is -0.486 e. The Morgan fingerprint density at radius 3 is 3.10 bits per heavy atom. The highest BCUT2D eigenvalue weighted by Crippen LogP contribution is 2.33. The Hall–Kier alpha value is -2.01. The second-order valence-electron chi connectivity index (χ2n) is 4.77. The Kier molecular flexibility index (Phi) is 4.18. The van der Waals surface area contributed by atoms with Gasteiger partial charge < -0.3 is 19.4 Å². The monoisotopic (exact) mass is 273 g/mol. The van der Waals surface area contributed by atoms with E-state index in [2.05, 4.69) is 20.9 Å². The van der Waals surface area contributed by atoms with Crippen LogP contribution in [-0.4, -0.2) is 29.3 Å². The van der Waals surface area contributed by atoms with E-state index >= 15 is 0 Å². The number of hydrogen-bond acceptors (Lipinski definition) is 4. The molecule has 0 unspecified atom stereocenters. The Morgan fingerprint density at radius 2 is 2.20 bits per heavy atom. The Balaban J connectivity index is 1.46. The zero-order valence-corrected chi connectivity index (χ0v) is 11.4. The van der Waals surface area contributed by atoms with Gasteiger partial charge in [0.05, 0.1) is 6.33 Å². The first-order valence-corrected chi connectivity index (χ1v) is 6.97. The zero-order valence-electron chi connectivity index (χ0n) is 11.4. The van der Waals surface area contributed by atoms with Gasteiger partial charge in [0.1, 0.15) is 13.2 Å². The van der Waals surface area contributed by atoms with E-state index in [0.717, 1.165) is 43.1 Å². The van der Waals surface area contributed by atoms with Gasteiger partial charge in [-0.05, 0) is 19.0 Å². The zero-order chi connectivity index (χ0) is 13.6. The van der Waals surface area contributed by atoms with Crippen LogP contribution in [0.5, 0.6) is 11.5 Å². The number of hydrogen-bond donors (Lipinski definition) is 1. The summed E-state index contributed by atoms with van der Waals surface area (Å²) in [5.74, 6) is 1.75. The first-order chi connectivity index (χ1) is 9.93. The topological polar surface area (TPSA) is 48.3 Å². The van der Waals surface area contributed by atoms with E-state index in [9.17, 15) is 0 Å². The van der Waals surface area contributed by atoms with Gasteiger partial charge in [-0.3, -0.25) is 0 Å². The van der Waals surface area contributed by atoms with E-state index in [0.29, 0.717) is 13.2 Å². The number of imidazole rings is 1. The van der Waals surface area contributed by atoms with Crippen LogP contribution >= 0.6 is 0 Å². The largest absolute Gasteiger partial charge is 0.486 e. The number of rotatable bonds is 6. The van der Waals surface area contributed by atoms with E-state index < -0.39 is 0 Å². The normalized spacial score (nSPS) is 13.4. The summed E-state index contributed by atoms with van der Waals surface area (Å²) < 4.78 is 13.4. The molecule has 106 valence electrons. The minimum absolute atomic E-state index is 0.630. The maximum absolute atomic E-state index is 5.69. The molecule has 2 heterocycles. The van der Waals surface area contributed by atoms with Crippen molar-refractivity contribution in [2.45, 2.75) is 19.5 Å². The fourth-order valence-electron chi connectivity index (χ4n) is 2.30. The van der Waals surface area contributed by atoms with Gasteiger partial charge in [-0.2, -0.15) is 0 Å². The lowest BCUT2D eigenvalue weighted by Gasteiger charge is -2.21. The van der Waals surface area contributed by atoms with Crippen LogP contribution in [0, 0.1) is 0 Å². The van der Waals surface area contributed by atoms with E-state index in [1.165, 1.54) is 0 Å². The molecular formula is C15H19N3O2. The number of nitrogens with one attached hydrogen (secondary N) is 1. The van der Waals surface area contributed by atoms with Crippen molar-refractivity contribution in [1.82, 2.24) is 14.9 Å². The lowest BCUT2D eigenvalue weighted by molar-refractivity contribution is 0.169. The highest BCUT2D eigenvalue weighted by molar-refractivity contribution is 5.47. The molecular weight excluding hydrogens is 254 g/mol. The molecule has 3 rings (SSSR count). The number of aryl methyl sites for hydroxylation is 1. The Labute approximate surface area is 118 Å². The fraction of sp³-hybridized carbons (Fsp3) is 0.400. The lowest BCUT2D eigenvalue weighted by Crippen LogP contribution is -2.20. The molecule has 1 aliphatic rings. The minimum atomic E-state index is 0.630. The van der Waals surface area contributed by atoms with Crippen molar-refractivity contribution in [2.24, 2.45) is 0 Å². The average Bonchev–Trinajstić information content (AvgIpc) is 3.00. The summed E-state index contributed by atoms with van der Waals surface area (Å²) in [6, 6.07) is 6.05. The second kappa shape index (κ2) is 6.43. The first kappa shape index (κ1) is 13.0. The third kappa shape index (κ3) is 3.11. The van der Waals surface area contributed by atoms with Crippen LogP contribution in [-0.2, 0) is 13.1 Å². The summed E-state index contributed by atoms with van der Waals surface area (Å²) in [4.78, 5) is 4.03. The van der Waals surface area contributed by atoms with E-state index in [1.54, 1.807) is 6.20 Å². The third-order valence-corrected chi connectivity index (χ3v) is 3.29. The quantitative estimate of drug-likeness (QED) is 0.816. The molecule has 0 radical (unpaired) electrons. The van der Waals surface area contributed by atoms with Crippen molar-refractivity contribution in [3.8, 4) is 11.5 Å². The molecule has 1 aromatic heterocycles. The molecule has 20 heavy (non-hydrogen) atoms. The van der Waals surface area contributed by atoms with Gasteiger partial charge in [0.2, 0.25) is 0 Å². The molecule has 5 heteroatoms.